The minimum atomic E-state index is -2.04. The molecule has 1 saturated heterocycles. The number of likely N-dealkylation sites (tertiary alicyclic amines) is 1. The first-order chi connectivity index (χ1) is 8.81. The lowest BCUT2D eigenvalue weighted by Crippen LogP contribution is -2.50. The van der Waals surface area contributed by atoms with E-state index in [4.69, 9.17) is 4.43 Å². The molecule has 7 heteroatoms. The van der Waals surface area contributed by atoms with E-state index in [1.807, 2.05) is 0 Å². The highest BCUT2D eigenvalue weighted by atomic mass is 28.4. The first-order valence-corrected chi connectivity index (χ1v) is 9.64. The van der Waals surface area contributed by atoms with Crippen LogP contribution in [0, 0.1) is 0 Å². The lowest BCUT2D eigenvalue weighted by atomic mass is 9.99. The Balaban J connectivity index is 2.93. The quantitative estimate of drug-likeness (QED) is 0.783. The summed E-state index contributed by atoms with van der Waals surface area (Å²) in [6.45, 7) is 12.0. The van der Waals surface area contributed by atoms with E-state index in [0.29, 0.717) is 0 Å². The van der Waals surface area contributed by atoms with Crippen molar-refractivity contribution >= 4 is 20.4 Å². The molecule has 0 aromatic carbocycles. The van der Waals surface area contributed by atoms with Crippen molar-refractivity contribution in [1.82, 2.24) is 4.90 Å². The standard InChI is InChI=1S/C13H25NO5Si/c1-12(2,3)20(5,6)19-9-7-13(4,10(15)16)14(8-9)11(17)18/h9H,7-8H2,1-6H3,(H,15,16)(H,17,18)/t9-,13?/m1/s1. The minimum absolute atomic E-state index is 0.00324. The molecule has 1 aliphatic heterocycles. The van der Waals surface area contributed by atoms with E-state index in [2.05, 4.69) is 33.9 Å². The van der Waals surface area contributed by atoms with Gasteiger partial charge in [-0.1, -0.05) is 20.8 Å². The molecule has 6 nitrogen and oxygen atoms in total. The summed E-state index contributed by atoms with van der Waals surface area (Å²) in [7, 11) is -2.04. The van der Waals surface area contributed by atoms with Crippen LogP contribution in [0.4, 0.5) is 4.79 Å². The monoisotopic (exact) mass is 303 g/mol. The first-order valence-electron chi connectivity index (χ1n) is 6.73. The van der Waals surface area contributed by atoms with Crippen LogP contribution < -0.4 is 0 Å². The highest BCUT2D eigenvalue weighted by Crippen LogP contribution is 2.40. The summed E-state index contributed by atoms with van der Waals surface area (Å²) in [4.78, 5) is 23.6. The van der Waals surface area contributed by atoms with Gasteiger partial charge in [-0.25, -0.2) is 9.59 Å². The van der Waals surface area contributed by atoms with Gasteiger partial charge in [0, 0.05) is 6.42 Å². The Labute approximate surface area is 120 Å². The van der Waals surface area contributed by atoms with Crippen molar-refractivity contribution in [3.05, 3.63) is 0 Å². The maximum absolute atomic E-state index is 11.4. The van der Waals surface area contributed by atoms with Gasteiger partial charge in [0.1, 0.15) is 5.54 Å². The van der Waals surface area contributed by atoms with Gasteiger partial charge in [-0.2, -0.15) is 0 Å². The zero-order valence-electron chi connectivity index (χ0n) is 13.1. The van der Waals surface area contributed by atoms with Gasteiger partial charge in [-0.05, 0) is 25.1 Å². The third kappa shape index (κ3) is 2.98. The van der Waals surface area contributed by atoms with Gasteiger partial charge in [0.2, 0.25) is 0 Å². The predicted molar refractivity (Wildman–Crippen MR) is 77.5 cm³/mol. The molecule has 1 rings (SSSR count). The van der Waals surface area contributed by atoms with Crippen molar-refractivity contribution < 1.29 is 24.2 Å². The van der Waals surface area contributed by atoms with E-state index in [9.17, 15) is 19.8 Å². The number of amides is 1. The fourth-order valence-corrected chi connectivity index (χ4v) is 3.53. The van der Waals surface area contributed by atoms with E-state index in [0.717, 1.165) is 4.90 Å². The molecule has 0 aliphatic carbocycles. The van der Waals surface area contributed by atoms with Crippen LogP contribution in [-0.2, 0) is 9.22 Å². The van der Waals surface area contributed by atoms with Gasteiger partial charge in [0.25, 0.3) is 0 Å². The van der Waals surface area contributed by atoms with Crippen LogP contribution in [0.25, 0.3) is 0 Å². The molecule has 0 bridgehead atoms. The van der Waals surface area contributed by atoms with Gasteiger partial charge < -0.3 is 14.6 Å². The highest BCUT2D eigenvalue weighted by Gasteiger charge is 2.52. The molecule has 0 spiro atoms. The number of nitrogens with zero attached hydrogens (tertiary/aromatic N) is 1. The van der Waals surface area contributed by atoms with Crippen molar-refractivity contribution in [2.45, 2.75) is 63.9 Å². The zero-order valence-corrected chi connectivity index (χ0v) is 14.1. The van der Waals surface area contributed by atoms with Crippen molar-refractivity contribution in [1.29, 1.82) is 0 Å². The largest absolute Gasteiger partial charge is 0.480 e. The summed E-state index contributed by atoms with van der Waals surface area (Å²) in [6.07, 6.45) is -1.37. The summed E-state index contributed by atoms with van der Waals surface area (Å²) in [6, 6.07) is 0. The molecule has 2 atom stereocenters. The van der Waals surface area contributed by atoms with Crippen molar-refractivity contribution in [2.75, 3.05) is 6.54 Å². The summed E-state index contributed by atoms with van der Waals surface area (Å²) in [5.74, 6) is -1.12. The Morgan fingerprint density at radius 2 is 1.80 bits per heavy atom. The Hall–Kier alpha value is -1.08. The van der Waals surface area contributed by atoms with Gasteiger partial charge >= 0.3 is 12.1 Å². The Morgan fingerprint density at radius 1 is 1.30 bits per heavy atom. The molecule has 116 valence electrons. The van der Waals surface area contributed by atoms with Crippen LogP contribution in [0.2, 0.25) is 18.1 Å². The van der Waals surface area contributed by atoms with E-state index >= 15 is 0 Å². The van der Waals surface area contributed by atoms with Crippen LogP contribution in [-0.4, -0.2) is 53.7 Å². The van der Waals surface area contributed by atoms with Gasteiger partial charge in [-0.15, -0.1) is 0 Å². The Bertz CT molecular complexity index is 417. The van der Waals surface area contributed by atoms with Crippen molar-refractivity contribution in [3.63, 3.8) is 0 Å². The van der Waals surface area contributed by atoms with Crippen LogP contribution in [0.15, 0.2) is 0 Å². The van der Waals surface area contributed by atoms with E-state index in [-0.39, 0.29) is 24.1 Å². The molecule has 0 radical (unpaired) electrons. The fraction of sp³-hybridized carbons (Fsp3) is 0.846. The van der Waals surface area contributed by atoms with Crippen LogP contribution >= 0.6 is 0 Å². The summed E-state index contributed by atoms with van der Waals surface area (Å²) < 4.78 is 6.16. The topological polar surface area (TPSA) is 87.1 Å². The van der Waals surface area contributed by atoms with Crippen molar-refractivity contribution in [3.8, 4) is 0 Å². The summed E-state index contributed by atoms with van der Waals surface area (Å²) in [5.41, 5.74) is -1.40. The van der Waals surface area contributed by atoms with E-state index in [1.165, 1.54) is 6.92 Å². The molecule has 1 fully saturated rings. The van der Waals surface area contributed by atoms with Gasteiger partial charge in [0.05, 0.1) is 12.6 Å². The number of rotatable bonds is 3. The highest BCUT2D eigenvalue weighted by molar-refractivity contribution is 6.74. The second-order valence-corrected chi connectivity index (χ2v) is 11.9. The molecule has 1 heterocycles. The van der Waals surface area contributed by atoms with Gasteiger partial charge in [0.15, 0.2) is 8.32 Å². The molecule has 1 aliphatic rings. The third-order valence-electron chi connectivity index (χ3n) is 4.57. The zero-order chi connectivity index (χ0) is 15.9. The van der Waals surface area contributed by atoms with Crippen LogP contribution in [0.1, 0.15) is 34.1 Å². The first kappa shape index (κ1) is 17.0. The normalized spacial score (nSPS) is 27.7. The maximum Gasteiger partial charge on any atom is 0.408 e. The molecule has 2 N–H and O–H groups in total. The van der Waals surface area contributed by atoms with E-state index < -0.39 is 25.9 Å². The lowest BCUT2D eigenvalue weighted by Gasteiger charge is -2.38. The average molecular weight is 303 g/mol. The minimum Gasteiger partial charge on any atom is -0.480 e. The average Bonchev–Trinajstić information content (AvgIpc) is 2.54. The number of hydrogen-bond donors (Lipinski definition) is 2. The summed E-state index contributed by atoms with van der Waals surface area (Å²) >= 11 is 0. The number of carbonyl (C=O) groups is 2. The third-order valence-corrected chi connectivity index (χ3v) is 9.10. The Kier molecular flexibility index (Phi) is 4.27. The lowest BCUT2D eigenvalue weighted by molar-refractivity contribution is -0.147. The molecular formula is C13H25NO5Si. The second kappa shape index (κ2) is 5.03. The van der Waals surface area contributed by atoms with E-state index in [1.54, 1.807) is 0 Å². The van der Waals surface area contributed by atoms with Crippen molar-refractivity contribution in [2.24, 2.45) is 0 Å². The molecule has 0 aromatic heterocycles. The summed E-state index contributed by atoms with van der Waals surface area (Å²) in [5, 5.41) is 18.5. The molecule has 20 heavy (non-hydrogen) atoms. The van der Waals surface area contributed by atoms with Crippen LogP contribution in [0.3, 0.4) is 0 Å². The van der Waals surface area contributed by atoms with Gasteiger partial charge in [-0.3, -0.25) is 4.90 Å². The number of carboxylic acid groups (broad SMARTS) is 2. The smallest absolute Gasteiger partial charge is 0.408 e. The maximum atomic E-state index is 11.4. The molecular weight excluding hydrogens is 278 g/mol. The SMILES string of the molecule is CC1(C(=O)O)C[C@@H](O[Si](C)(C)C(C)(C)C)CN1C(=O)O. The predicted octanol–water partition coefficient (Wildman–Crippen LogP) is 2.60. The molecule has 0 saturated carbocycles. The number of aliphatic carboxylic acids is 1. The van der Waals surface area contributed by atoms with Crippen LogP contribution in [0.5, 0.6) is 0 Å². The Morgan fingerprint density at radius 3 is 2.10 bits per heavy atom. The fourth-order valence-electron chi connectivity index (χ4n) is 2.19. The second-order valence-electron chi connectivity index (χ2n) is 7.18. The number of carboxylic acids is 1. The molecule has 0 aromatic rings. The molecule has 1 amide bonds. The molecule has 1 unspecified atom stereocenters. The number of hydrogen-bond acceptors (Lipinski definition) is 3.